The van der Waals surface area contributed by atoms with E-state index >= 15 is 0 Å². The number of amides is 1. The zero-order chi connectivity index (χ0) is 35.3. The van der Waals surface area contributed by atoms with Crippen molar-refractivity contribution in [3.8, 4) is 5.75 Å². The second-order valence-corrected chi connectivity index (χ2v) is 14.6. The molecular weight excluding hydrogens is 592 g/mol. The van der Waals surface area contributed by atoms with Crippen LogP contribution in [-0.2, 0) is 4.79 Å². The Kier molecular flexibility index (Phi) is 20.8. The second kappa shape index (κ2) is 23.9. The zero-order valence-electron chi connectivity index (χ0n) is 32.8. The van der Waals surface area contributed by atoms with Crippen molar-refractivity contribution >= 4 is 28.7 Å². The Labute approximate surface area is 296 Å². The van der Waals surface area contributed by atoms with E-state index < -0.39 is 0 Å². The Balaban J connectivity index is 2.51. The van der Waals surface area contributed by atoms with Gasteiger partial charge in [-0.25, -0.2) is 10.0 Å². The first-order valence-electron chi connectivity index (χ1n) is 20.3. The molecule has 6 heteroatoms. The van der Waals surface area contributed by atoms with Gasteiger partial charge in [0, 0.05) is 31.4 Å². The SMILES string of the molecule is CCCCC(CC)COc1cc(N(CC(CC)CCCC)CC(CC)CCCC)ccc1N=C1C(=O)N(CC(CC)CCCC)N=C1C. The summed E-state index contributed by atoms with van der Waals surface area (Å²) in [6.07, 6.45) is 19.2. The van der Waals surface area contributed by atoms with Crippen molar-refractivity contribution in [1.82, 2.24) is 5.01 Å². The molecule has 0 radical (unpaired) electrons. The molecule has 1 amide bonds. The number of unbranched alkanes of at least 4 members (excludes halogenated alkanes) is 4. The van der Waals surface area contributed by atoms with Gasteiger partial charge in [-0.3, -0.25) is 4.79 Å². The van der Waals surface area contributed by atoms with E-state index in [0.717, 1.165) is 43.8 Å². The average molecular weight is 667 g/mol. The first kappa shape index (κ1) is 41.8. The third kappa shape index (κ3) is 13.9. The molecule has 0 aromatic heterocycles. The average Bonchev–Trinajstić information content (AvgIpc) is 3.36. The molecule has 1 aromatic rings. The highest BCUT2D eigenvalue weighted by Gasteiger charge is 2.31. The van der Waals surface area contributed by atoms with Crippen molar-refractivity contribution in [2.24, 2.45) is 33.8 Å². The van der Waals surface area contributed by atoms with Gasteiger partial charge in [0.05, 0.1) is 12.3 Å². The molecule has 1 aromatic carbocycles. The lowest BCUT2D eigenvalue weighted by Gasteiger charge is -2.33. The highest BCUT2D eigenvalue weighted by atomic mass is 16.5. The summed E-state index contributed by atoms with van der Waals surface area (Å²) < 4.78 is 6.71. The molecule has 4 atom stereocenters. The molecule has 0 aliphatic carbocycles. The van der Waals surface area contributed by atoms with E-state index in [1.165, 1.54) is 89.2 Å². The van der Waals surface area contributed by atoms with Crippen molar-refractivity contribution < 1.29 is 9.53 Å². The summed E-state index contributed by atoms with van der Waals surface area (Å²) in [7, 11) is 0. The maximum absolute atomic E-state index is 13.7. The van der Waals surface area contributed by atoms with E-state index in [2.05, 4.69) is 78.5 Å². The van der Waals surface area contributed by atoms with Crippen LogP contribution in [0.5, 0.6) is 5.75 Å². The minimum atomic E-state index is -0.0862. The number of aliphatic imine (C=N–C) groups is 1. The lowest BCUT2D eigenvalue weighted by atomic mass is 9.95. The van der Waals surface area contributed by atoms with E-state index in [1.807, 2.05) is 6.92 Å². The summed E-state index contributed by atoms with van der Waals surface area (Å²) in [5.41, 5.74) is 3.09. The van der Waals surface area contributed by atoms with Gasteiger partial charge in [-0.15, -0.1) is 0 Å². The molecule has 1 aliphatic heterocycles. The van der Waals surface area contributed by atoms with Crippen LogP contribution in [0.1, 0.15) is 165 Å². The van der Waals surface area contributed by atoms with E-state index in [9.17, 15) is 4.79 Å². The fourth-order valence-corrected chi connectivity index (χ4v) is 6.84. The summed E-state index contributed by atoms with van der Waals surface area (Å²) in [6, 6.07) is 6.55. The third-order valence-electron chi connectivity index (χ3n) is 10.6. The fraction of sp³-hybridized carbons (Fsp3) is 0.786. The van der Waals surface area contributed by atoms with Crippen LogP contribution >= 0.6 is 0 Å². The maximum atomic E-state index is 13.7. The van der Waals surface area contributed by atoms with E-state index in [0.29, 0.717) is 48.2 Å². The minimum absolute atomic E-state index is 0.0862. The van der Waals surface area contributed by atoms with Crippen LogP contribution in [-0.4, -0.2) is 48.6 Å². The van der Waals surface area contributed by atoms with Crippen molar-refractivity contribution in [2.45, 2.75) is 165 Å². The maximum Gasteiger partial charge on any atom is 0.294 e. The van der Waals surface area contributed by atoms with E-state index in [-0.39, 0.29) is 5.91 Å². The Morgan fingerprint density at radius 3 is 1.73 bits per heavy atom. The minimum Gasteiger partial charge on any atom is -0.491 e. The van der Waals surface area contributed by atoms with Gasteiger partial charge in [0.25, 0.3) is 5.91 Å². The number of hydrazone groups is 1. The van der Waals surface area contributed by atoms with Crippen molar-refractivity contribution in [1.29, 1.82) is 0 Å². The largest absolute Gasteiger partial charge is 0.491 e. The normalized spacial score (nSPS) is 16.7. The molecule has 48 heavy (non-hydrogen) atoms. The van der Waals surface area contributed by atoms with Crippen LogP contribution < -0.4 is 9.64 Å². The van der Waals surface area contributed by atoms with Gasteiger partial charge >= 0.3 is 0 Å². The number of anilines is 1. The molecule has 0 N–H and O–H groups in total. The molecule has 2 rings (SSSR count). The standard InChI is InChI=1S/C42H74N4O2/c1-10-18-22-34(14-5)29-45(30-35(15-6)23-19-11-2)38-26-27-39(40(28-38)48-32-37(17-8)25-21-13-4)43-41-33(9)44-46(42(41)47)31-36(16-7)24-20-12-3/h26-28,34-37H,10-25,29-32H2,1-9H3. The van der Waals surface area contributed by atoms with Crippen LogP contribution in [0.2, 0.25) is 0 Å². The smallest absolute Gasteiger partial charge is 0.294 e. The first-order chi connectivity index (χ1) is 23.3. The van der Waals surface area contributed by atoms with Crippen LogP contribution in [0.4, 0.5) is 11.4 Å². The van der Waals surface area contributed by atoms with Crippen LogP contribution in [0, 0.1) is 23.7 Å². The lowest BCUT2D eigenvalue weighted by molar-refractivity contribution is -0.124. The molecule has 1 aliphatic rings. The lowest BCUT2D eigenvalue weighted by Crippen LogP contribution is -2.34. The molecule has 0 saturated heterocycles. The zero-order valence-corrected chi connectivity index (χ0v) is 32.8. The Hall–Kier alpha value is -2.37. The Morgan fingerprint density at radius 1 is 0.729 bits per heavy atom. The number of benzene rings is 1. The summed E-state index contributed by atoms with van der Waals surface area (Å²) in [4.78, 5) is 21.3. The molecule has 1 heterocycles. The van der Waals surface area contributed by atoms with Gasteiger partial charge in [0.2, 0.25) is 0 Å². The van der Waals surface area contributed by atoms with Crippen molar-refractivity contribution in [2.75, 3.05) is 31.1 Å². The molecule has 0 bridgehead atoms. The molecule has 4 unspecified atom stereocenters. The number of carbonyl (C=O) groups excluding carboxylic acids is 1. The predicted molar refractivity (Wildman–Crippen MR) is 209 cm³/mol. The number of nitrogens with zero attached hydrogens (tertiary/aromatic N) is 4. The fourth-order valence-electron chi connectivity index (χ4n) is 6.84. The Bertz CT molecular complexity index is 1080. The summed E-state index contributed by atoms with van der Waals surface area (Å²) in [6.45, 7) is 23.6. The number of hydrogen-bond donors (Lipinski definition) is 0. The topological polar surface area (TPSA) is 57.5 Å². The molecule has 0 fully saturated rings. The predicted octanol–water partition coefficient (Wildman–Crippen LogP) is 12.0. The van der Waals surface area contributed by atoms with E-state index in [4.69, 9.17) is 14.8 Å². The number of carbonyl (C=O) groups is 1. The Morgan fingerprint density at radius 2 is 1.23 bits per heavy atom. The highest BCUT2D eigenvalue weighted by molar-refractivity contribution is 6.68. The van der Waals surface area contributed by atoms with Gasteiger partial charge in [0.15, 0.2) is 5.71 Å². The van der Waals surface area contributed by atoms with Gasteiger partial charge in [-0.05, 0) is 68.4 Å². The second-order valence-electron chi connectivity index (χ2n) is 14.6. The van der Waals surface area contributed by atoms with E-state index in [1.54, 1.807) is 5.01 Å². The van der Waals surface area contributed by atoms with Gasteiger partial charge < -0.3 is 9.64 Å². The van der Waals surface area contributed by atoms with Gasteiger partial charge in [0.1, 0.15) is 11.4 Å². The van der Waals surface area contributed by atoms with Crippen LogP contribution in [0.25, 0.3) is 0 Å². The molecule has 6 nitrogen and oxygen atoms in total. The van der Waals surface area contributed by atoms with Gasteiger partial charge in [-0.1, -0.05) is 132 Å². The number of rotatable bonds is 27. The quantitative estimate of drug-likeness (QED) is 0.0939. The number of ether oxygens (including phenoxy) is 1. The van der Waals surface area contributed by atoms with Gasteiger partial charge in [-0.2, -0.15) is 5.10 Å². The summed E-state index contributed by atoms with van der Waals surface area (Å²) >= 11 is 0. The number of hydrogen-bond acceptors (Lipinski definition) is 5. The third-order valence-corrected chi connectivity index (χ3v) is 10.6. The molecule has 274 valence electrons. The van der Waals surface area contributed by atoms with Crippen LogP contribution in [0.3, 0.4) is 0 Å². The van der Waals surface area contributed by atoms with Crippen LogP contribution in [0.15, 0.2) is 28.3 Å². The summed E-state index contributed by atoms with van der Waals surface area (Å²) in [5.74, 6) is 3.00. The molecule has 0 spiro atoms. The van der Waals surface area contributed by atoms with Crippen molar-refractivity contribution in [3.05, 3.63) is 18.2 Å². The molecule has 0 saturated carbocycles. The monoisotopic (exact) mass is 667 g/mol. The summed E-state index contributed by atoms with van der Waals surface area (Å²) in [5, 5.41) is 6.35. The first-order valence-corrected chi connectivity index (χ1v) is 20.3. The highest BCUT2D eigenvalue weighted by Crippen LogP contribution is 2.36. The molecular formula is C42H74N4O2. The van der Waals surface area contributed by atoms with Crippen molar-refractivity contribution in [3.63, 3.8) is 0 Å².